The summed E-state index contributed by atoms with van der Waals surface area (Å²) in [6.07, 6.45) is 1.46. The molecule has 164 valence electrons. The molecule has 0 radical (unpaired) electrons. The van der Waals surface area contributed by atoms with Crippen LogP contribution in [0.4, 0.5) is 15.9 Å². The molecule has 4 rings (SSSR count). The lowest BCUT2D eigenvalue weighted by Gasteiger charge is -2.12. The topological polar surface area (TPSA) is 92.1 Å². The lowest BCUT2D eigenvalue weighted by atomic mass is 10.1. The molecule has 0 saturated heterocycles. The average molecular weight is 433 g/mol. The van der Waals surface area contributed by atoms with Gasteiger partial charge in [0.1, 0.15) is 18.0 Å². The Morgan fingerprint density at radius 1 is 1.12 bits per heavy atom. The Balaban J connectivity index is 1.53. The number of fused-ring (bicyclic) bond motifs is 1. The fourth-order valence-corrected chi connectivity index (χ4v) is 3.89. The molecule has 2 aromatic carbocycles. The quantitative estimate of drug-likeness (QED) is 0.391. The molecule has 2 aromatic heterocycles. The molecule has 32 heavy (non-hydrogen) atoms. The normalized spacial score (nSPS) is 11.0. The van der Waals surface area contributed by atoms with Gasteiger partial charge in [0.05, 0.1) is 16.8 Å². The predicted molar refractivity (Wildman–Crippen MR) is 124 cm³/mol. The van der Waals surface area contributed by atoms with Crippen molar-refractivity contribution in [2.45, 2.75) is 20.4 Å². The number of hydrogen-bond donors (Lipinski definition) is 3. The van der Waals surface area contributed by atoms with Gasteiger partial charge in [-0.05, 0) is 43.7 Å². The maximum atomic E-state index is 14.5. The van der Waals surface area contributed by atoms with Gasteiger partial charge in [0.15, 0.2) is 0 Å². The zero-order valence-corrected chi connectivity index (χ0v) is 18.1. The summed E-state index contributed by atoms with van der Waals surface area (Å²) in [7, 11) is 1.68. The van der Waals surface area contributed by atoms with E-state index >= 15 is 0 Å². The zero-order valence-electron chi connectivity index (χ0n) is 18.1. The summed E-state index contributed by atoms with van der Waals surface area (Å²) in [5.74, 6) is -0.590. The Morgan fingerprint density at radius 3 is 2.69 bits per heavy atom. The van der Waals surface area contributed by atoms with E-state index in [9.17, 15) is 14.3 Å². The summed E-state index contributed by atoms with van der Waals surface area (Å²) in [5, 5.41) is 16.4. The number of aromatic nitrogens is 3. The van der Waals surface area contributed by atoms with Gasteiger partial charge in [-0.3, -0.25) is 0 Å². The molecule has 0 fully saturated rings. The Kier molecular flexibility index (Phi) is 5.77. The molecule has 0 unspecified atom stereocenters. The number of carbonyl (C=O) groups is 1. The molecule has 7 nitrogen and oxygen atoms in total. The molecule has 0 aliphatic carbocycles. The van der Waals surface area contributed by atoms with Crippen LogP contribution in [0.3, 0.4) is 0 Å². The summed E-state index contributed by atoms with van der Waals surface area (Å²) in [4.78, 5) is 19.9. The third-order valence-corrected chi connectivity index (χ3v) is 5.56. The molecule has 0 saturated carbocycles. The maximum Gasteiger partial charge on any atom is 0.337 e. The Labute approximate surface area is 184 Å². The van der Waals surface area contributed by atoms with Crippen molar-refractivity contribution >= 4 is 28.4 Å². The van der Waals surface area contributed by atoms with Crippen LogP contribution in [0.25, 0.3) is 22.2 Å². The number of aromatic carboxylic acids is 1. The maximum absolute atomic E-state index is 14.5. The molecule has 0 aliphatic heterocycles. The minimum atomic E-state index is -0.995. The number of carboxylic acids is 1. The minimum Gasteiger partial charge on any atom is -0.478 e. The number of aryl methyl sites for hydroxylation is 2. The molecule has 0 atom stereocenters. The summed E-state index contributed by atoms with van der Waals surface area (Å²) in [6.45, 7) is 5.08. The predicted octanol–water partition coefficient (Wildman–Crippen LogP) is 4.71. The van der Waals surface area contributed by atoms with E-state index in [4.69, 9.17) is 0 Å². The van der Waals surface area contributed by atoms with Crippen LogP contribution in [0.5, 0.6) is 0 Å². The number of rotatable bonds is 7. The Bertz CT molecular complexity index is 1320. The van der Waals surface area contributed by atoms with E-state index in [0.717, 1.165) is 22.2 Å². The molecule has 0 spiro atoms. The van der Waals surface area contributed by atoms with Crippen molar-refractivity contribution < 1.29 is 14.3 Å². The van der Waals surface area contributed by atoms with Crippen LogP contribution in [-0.2, 0) is 6.54 Å². The summed E-state index contributed by atoms with van der Waals surface area (Å²) < 4.78 is 16.4. The largest absolute Gasteiger partial charge is 0.478 e. The lowest BCUT2D eigenvalue weighted by Crippen LogP contribution is -2.13. The second kappa shape index (κ2) is 8.66. The highest BCUT2D eigenvalue weighted by Crippen LogP contribution is 2.27. The molecule has 0 amide bonds. The van der Waals surface area contributed by atoms with Crippen molar-refractivity contribution in [1.29, 1.82) is 0 Å². The third kappa shape index (κ3) is 3.99. The second-order valence-electron chi connectivity index (χ2n) is 7.59. The summed E-state index contributed by atoms with van der Waals surface area (Å²) in [6, 6.07) is 12.1. The number of anilines is 2. The number of nitrogens with zero attached hydrogens (tertiary/aromatic N) is 3. The van der Waals surface area contributed by atoms with Crippen molar-refractivity contribution in [1.82, 2.24) is 14.5 Å². The van der Waals surface area contributed by atoms with Gasteiger partial charge < -0.3 is 20.3 Å². The number of hydrogen-bond acceptors (Lipinski definition) is 5. The van der Waals surface area contributed by atoms with Crippen LogP contribution >= 0.6 is 0 Å². The smallest absolute Gasteiger partial charge is 0.337 e. The van der Waals surface area contributed by atoms with E-state index in [-0.39, 0.29) is 11.4 Å². The van der Waals surface area contributed by atoms with Crippen molar-refractivity contribution in [3.63, 3.8) is 0 Å². The molecule has 0 bridgehead atoms. The van der Waals surface area contributed by atoms with E-state index in [2.05, 4.69) is 20.6 Å². The van der Waals surface area contributed by atoms with E-state index in [0.29, 0.717) is 35.8 Å². The number of carboxylic acid groups (broad SMARTS) is 1. The van der Waals surface area contributed by atoms with Crippen LogP contribution in [0.15, 0.2) is 48.8 Å². The number of benzene rings is 2. The van der Waals surface area contributed by atoms with E-state index in [1.807, 2.05) is 24.5 Å². The molecular formula is C24H24FN5O2. The lowest BCUT2D eigenvalue weighted by molar-refractivity contribution is 0.0698. The number of nitrogens with one attached hydrogen (secondary N) is 2. The second-order valence-corrected chi connectivity index (χ2v) is 7.59. The first-order valence-electron chi connectivity index (χ1n) is 10.3. The molecule has 2 heterocycles. The van der Waals surface area contributed by atoms with Gasteiger partial charge in [0.2, 0.25) is 0 Å². The highest BCUT2D eigenvalue weighted by atomic mass is 19.1. The van der Waals surface area contributed by atoms with E-state index in [1.54, 1.807) is 37.4 Å². The first-order valence-corrected chi connectivity index (χ1v) is 10.3. The van der Waals surface area contributed by atoms with Crippen LogP contribution < -0.4 is 10.6 Å². The molecule has 3 N–H and O–H groups in total. The number of halogens is 1. The SMILES string of the molecule is CNc1cc(-c2cc(NCCn3c(C)cc4c(C)ccc(F)c43)ncn2)ccc1C(=O)O. The Morgan fingerprint density at radius 2 is 1.94 bits per heavy atom. The van der Waals surface area contributed by atoms with Gasteiger partial charge in [0, 0.05) is 48.5 Å². The van der Waals surface area contributed by atoms with Crippen molar-refractivity contribution in [2.24, 2.45) is 0 Å². The molecule has 0 aliphatic rings. The summed E-state index contributed by atoms with van der Waals surface area (Å²) >= 11 is 0. The highest BCUT2D eigenvalue weighted by molar-refractivity contribution is 5.95. The van der Waals surface area contributed by atoms with Gasteiger partial charge in [-0.1, -0.05) is 12.1 Å². The van der Waals surface area contributed by atoms with Crippen LogP contribution in [0, 0.1) is 19.7 Å². The molecule has 4 aromatic rings. The van der Waals surface area contributed by atoms with Gasteiger partial charge in [-0.15, -0.1) is 0 Å². The van der Waals surface area contributed by atoms with Crippen molar-refractivity contribution in [3.05, 3.63) is 71.4 Å². The monoisotopic (exact) mass is 433 g/mol. The Hall–Kier alpha value is -3.94. The first-order chi connectivity index (χ1) is 15.4. The average Bonchev–Trinajstić information content (AvgIpc) is 3.13. The van der Waals surface area contributed by atoms with Crippen molar-refractivity contribution in [3.8, 4) is 11.3 Å². The minimum absolute atomic E-state index is 0.195. The molecule has 8 heteroatoms. The van der Waals surface area contributed by atoms with E-state index < -0.39 is 5.97 Å². The van der Waals surface area contributed by atoms with Gasteiger partial charge in [-0.2, -0.15) is 0 Å². The van der Waals surface area contributed by atoms with Gasteiger partial charge >= 0.3 is 5.97 Å². The van der Waals surface area contributed by atoms with Crippen LogP contribution in [-0.4, -0.2) is 39.2 Å². The fourth-order valence-electron chi connectivity index (χ4n) is 3.89. The van der Waals surface area contributed by atoms with Gasteiger partial charge in [-0.25, -0.2) is 19.2 Å². The summed E-state index contributed by atoms with van der Waals surface area (Å²) in [5.41, 5.74) is 4.81. The van der Waals surface area contributed by atoms with Gasteiger partial charge in [0.25, 0.3) is 0 Å². The highest BCUT2D eigenvalue weighted by Gasteiger charge is 2.13. The van der Waals surface area contributed by atoms with Crippen molar-refractivity contribution in [2.75, 3.05) is 24.2 Å². The third-order valence-electron chi connectivity index (χ3n) is 5.56. The van der Waals surface area contributed by atoms with Crippen LogP contribution in [0.1, 0.15) is 21.6 Å². The van der Waals surface area contributed by atoms with E-state index in [1.165, 1.54) is 12.4 Å². The van der Waals surface area contributed by atoms with Crippen LogP contribution in [0.2, 0.25) is 0 Å². The first kappa shape index (κ1) is 21.3. The zero-order chi connectivity index (χ0) is 22.8. The standard InChI is InChI=1S/C24H24FN5O2/c1-14-4-7-19(25)23-18(14)10-15(2)30(23)9-8-27-22-12-20(28-13-29-22)16-5-6-17(24(31)32)21(11-16)26-3/h4-7,10-13,26H,8-9H2,1-3H3,(H,31,32)(H,27,28,29). The molecular weight excluding hydrogens is 409 g/mol. The fraction of sp³-hybridized carbons (Fsp3) is 0.208.